The molecule has 1 N–H and O–H groups in total. The predicted molar refractivity (Wildman–Crippen MR) is 115 cm³/mol. The molecule has 1 fully saturated rings. The lowest BCUT2D eigenvalue weighted by Crippen LogP contribution is -2.53. The normalized spacial score (nSPS) is 15.6. The molecule has 4 rings (SSSR count). The summed E-state index contributed by atoms with van der Waals surface area (Å²) < 4.78 is 7.31. The minimum absolute atomic E-state index is 0.0505. The molecular formula is C24H23N3O4. The van der Waals surface area contributed by atoms with E-state index in [9.17, 15) is 14.4 Å². The van der Waals surface area contributed by atoms with Crippen LogP contribution in [-0.2, 0) is 22.6 Å². The quantitative estimate of drug-likeness (QED) is 0.504. The average Bonchev–Trinajstić information content (AvgIpc) is 3.36. The molecule has 1 aliphatic rings. The number of nitrogens with one attached hydrogen (secondary N) is 1. The summed E-state index contributed by atoms with van der Waals surface area (Å²) in [6, 6.07) is 12.8. The van der Waals surface area contributed by atoms with E-state index in [1.54, 1.807) is 18.2 Å². The second-order valence-electron chi connectivity index (χ2n) is 7.47. The van der Waals surface area contributed by atoms with E-state index in [0.717, 1.165) is 34.0 Å². The Balaban J connectivity index is 1.69. The molecule has 1 saturated heterocycles. The van der Waals surface area contributed by atoms with E-state index in [1.165, 1.54) is 11.8 Å². The Morgan fingerprint density at radius 3 is 2.45 bits per heavy atom. The van der Waals surface area contributed by atoms with Crippen molar-refractivity contribution in [1.82, 2.24) is 14.8 Å². The van der Waals surface area contributed by atoms with Crippen LogP contribution in [0.3, 0.4) is 0 Å². The fourth-order valence-corrected chi connectivity index (χ4v) is 3.76. The third kappa shape index (κ3) is 3.82. The van der Waals surface area contributed by atoms with Gasteiger partial charge in [-0.05, 0) is 67.8 Å². The van der Waals surface area contributed by atoms with Crippen molar-refractivity contribution in [2.24, 2.45) is 0 Å². The number of urea groups is 1. The van der Waals surface area contributed by atoms with E-state index in [0.29, 0.717) is 5.76 Å². The highest BCUT2D eigenvalue weighted by Gasteiger charge is 2.36. The first-order valence-electron chi connectivity index (χ1n) is 10.1. The zero-order valence-corrected chi connectivity index (χ0v) is 17.6. The van der Waals surface area contributed by atoms with Gasteiger partial charge in [-0.15, -0.1) is 0 Å². The number of amides is 4. The number of imide groups is 2. The number of hydrogen-bond acceptors (Lipinski definition) is 4. The van der Waals surface area contributed by atoms with E-state index in [2.05, 4.69) is 41.1 Å². The third-order valence-corrected chi connectivity index (χ3v) is 5.45. The van der Waals surface area contributed by atoms with E-state index in [1.807, 2.05) is 19.9 Å². The number of barbiturate groups is 1. The molecule has 0 radical (unpaired) electrons. The molecule has 2 aromatic heterocycles. The zero-order valence-electron chi connectivity index (χ0n) is 17.6. The summed E-state index contributed by atoms with van der Waals surface area (Å²) >= 11 is 0. The Labute approximate surface area is 180 Å². The molecule has 7 heteroatoms. The molecule has 0 atom stereocenters. The molecule has 0 bridgehead atoms. The Morgan fingerprint density at radius 1 is 1.06 bits per heavy atom. The lowest BCUT2D eigenvalue weighted by Gasteiger charge is -2.25. The van der Waals surface area contributed by atoms with Gasteiger partial charge in [0.2, 0.25) is 0 Å². The zero-order chi connectivity index (χ0) is 22.1. The number of aryl methyl sites for hydroxylation is 2. The molecule has 0 unspecified atom stereocenters. The van der Waals surface area contributed by atoms with Gasteiger partial charge in [0.1, 0.15) is 11.3 Å². The number of furan rings is 1. The van der Waals surface area contributed by atoms with Crippen LogP contribution in [0.15, 0.2) is 58.7 Å². The third-order valence-electron chi connectivity index (χ3n) is 5.45. The predicted octanol–water partition coefficient (Wildman–Crippen LogP) is 3.91. The molecule has 1 aliphatic heterocycles. The average molecular weight is 417 g/mol. The minimum Gasteiger partial charge on any atom is -0.467 e. The molecule has 7 nitrogen and oxygen atoms in total. The number of benzene rings is 1. The van der Waals surface area contributed by atoms with Crippen LogP contribution in [-0.4, -0.2) is 27.3 Å². The second kappa shape index (κ2) is 8.10. The first-order chi connectivity index (χ1) is 14.9. The first kappa shape index (κ1) is 20.4. The first-order valence-corrected chi connectivity index (χ1v) is 10.1. The standard InChI is InChI=1S/C24H23N3O4/c1-4-17-7-9-19(10-8-17)27-15(2)12-18(16(27)3)13-21-22(28)25-24(30)26(23(21)29)14-20-6-5-11-31-20/h5-13H,4,14H2,1-3H3,(H,25,28,30). The second-order valence-corrected chi connectivity index (χ2v) is 7.47. The number of hydrogen-bond donors (Lipinski definition) is 1. The van der Waals surface area contributed by atoms with Gasteiger partial charge in [-0.25, -0.2) is 4.79 Å². The number of aromatic nitrogens is 1. The molecule has 158 valence electrons. The topological polar surface area (TPSA) is 84.6 Å². The fourth-order valence-electron chi connectivity index (χ4n) is 3.76. The van der Waals surface area contributed by atoms with Crippen molar-refractivity contribution in [1.29, 1.82) is 0 Å². The highest BCUT2D eigenvalue weighted by Crippen LogP contribution is 2.25. The van der Waals surface area contributed by atoms with Gasteiger partial charge in [0, 0.05) is 17.1 Å². The van der Waals surface area contributed by atoms with Crippen molar-refractivity contribution < 1.29 is 18.8 Å². The van der Waals surface area contributed by atoms with Crippen molar-refractivity contribution in [3.63, 3.8) is 0 Å². The summed E-state index contributed by atoms with van der Waals surface area (Å²) in [7, 11) is 0. The Bertz CT molecular complexity index is 1180. The molecule has 1 aromatic carbocycles. The van der Waals surface area contributed by atoms with Crippen molar-refractivity contribution in [2.75, 3.05) is 0 Å². The summed E-state index contributed by atoms with van der Waals surface area (Å²) in [5.74, 6) is -0.907. The van der Waals surface area contributed by atoms with E-state index < -0.39 is 17.8 Å². The monoisotopic (exact) mass is 417 g/mol. The van der Waals surface area contributed by atoms with E-state index in [4.69, 9.17) is 4.42 Å². The number of rotatable bonds is 5. The molecule has 31 heavy (non-hydrogen) atoms. The van der Waals surface area contributed by atoms with Crippen LogP contribution in [0, 0.1) is 13.8 Å². The molecule has 3 aromatic rings. The Hall–Kier alpha value is -3.87. The molecule has 4 amide bonds. The van der Waals surface area contributed by atoms with Gasteiger partial charge >= 0.3 is 6.03 Å². The summed E-state index contributed by atoms with van der Waals surface area (Å²) in [4.78, 5) is 38.5. The summed E-state index contributed by atoms with van der Waals surface area (Å²) in [5, 5.41) is 2.24. The minimum atomic E-state index is -0.759. The molecule has 0 saturated carbocycles. The lowest BCUT2D eigenvalue weighted by molar-refractivity contribution is -0.130. The van der Waals surface area contributed by atoms with Crippen molar-refractivity contribution in [3.8, 4) is 5.69 Å². The van der Waals surface area contributed by atoms with Gasteiger partial charge in [-0.1, -0.05) is 19.1 Å². The van der Waals surface area contributed by atoms with Gasteiger partial charge < -0.3 is 8.98 Å². The Kier molecular flexibility index (Phi) is 5.33. The van der Waals surface area contributed by atoms with Gasteiger partial charge in [0.25, 0.3) is 11.8 Å². The summed E-state index contributed by atoms with van der Waals surface area (Å²) in [5.41, 5.74) is 4.77. The van der Waals surface area contributed by atoms with Crippen LogP contribution in [0.1, 0.15) is 35.2 Å². The van der Waals surface area contributed by atoms with Gasteiger partial charge in [0.05, 0.1) is 12.8 Å². The maximum Gasteiger partial charge on any atom is 0.331 e. The Morgan fingerprint density at radius 2 is 1.81 bits per heavy atom. The van der Waals surface area contributed by atoms with Crippen LogP contribution in [0.25, 0.3) is 11.8 Å². The van der Waals surface area contributed by atoms with Crippen molar-refractivity contribution >= 4 is 23.9 Å². The van der Waals surface area contributed by atoms with E-state index in [-0.39, 0.29) is 12.1 Å². The van der Waals surface area contributed by atoms with Crippen LogP contribution < -0.4 is 5.32 Å². The molecular weight excluding hydrogens is 394 g/mol. The highest BCUT2D eigenvalue weighted by molar-refractivity contribution is 6.31. The van der Waals surface area contributed by atoms with Crippen LogP contribution in [0.2, 0.25) is 0 Å². The van der Waals surface area contributed by atoms with Gasteiger partial charge in [-0.2, -0.15) is 0 Å². The van der Waals surface area contributed by atoms with E-state index >= 15 is 0 Å². The fraction of sp³-hybridized carbons (Fsp3) is 0.208. The van der Waals surface area contributed by atoms with Crippen LogP contribution in [0.5, 0.6) is 0 Å². The smallest absolute Gasteiger partial charge is 0.331 e. The maximum atomic E-state index is 12.9. The molecule has 0 spiro atoms. The van der Waals surface area contributed by atoms with Crippen LogP contribution >= 0.6 is 0 Å². The van der Waals surface area contributed by atoms with Gasteiger partial charge in [-0.3, -0.25) is 19.8 Å². The number of nitrogens with zero attached hydrogens (tertiary/aromatic N) is 2. The summed E-state index contributed by atoms with van der Waals surface area (Å²) in [6.07, 6.45) is 3.97. The highest BCUT2D eigenvalue weighted by atomic mass is 16.3. The van der Waals surface area contributed by atoms with Crippen molar-refractivity contribution in [2.45, 2.75) is 33.7 Å². The number of carbonyl (C=O) groups excluding carboxylic acids is 3. The van der Waals surface area contributed by atoms with Crippen molar-refractivity contribution in [3.05, 3.63) is 82.6 Å². The lowest BCUT2D eigenvalue weighted by atomic mass is 10.1. The number of carbonyl (C=O) groups is 3. The maximum absolute atomic E-state index is 12.9. The van der Waals surface area contributed by atoms with Gasteiger partial charge in [0.15, 0.2) is 0 Å². The molecule has 0 aliphatic carbocycles. The van der Waals surface area contributed by atoms with Crippen LogP contribution in [0.4, 0.5) is 4.79 Å². The SMILES string of the molecule is CCc1ccc(-n2c(C)cc(C=C3C(=O)NC(=O)N(Cc4ccco4)C3=O)c2C)cc1. The summed E-state index contributed by atoms with van der Waals surface area (Å²) in [6.45, 7) is 5.96. The molecule has 3 heterocycles. The largest absolute Gasteiger partial charge is 0.467 e.